The van der Waals surface area contributed by atoms with Gasteiger partial charge in [0.15, 0.2) is 0 Å². The van der Waals surface area contributed by atoms with Gasteiger partial charge in [0, 0.05) is 19.3 Å². The van der Waals surface area contributed by atoms with Crippen LogP contribution in [0, 0.1) is 5.92 Å². The molecule has 1 aromatic rings. The van der Waals surface area contributed by atoms with Gasteiger partial charge >= 0.3 is 0 Å². The van der Waals surface area contributed by atoms with Crippen molar-refractivity contribution in [2.75, 3.05) is 18.0 Å². The zero-order chi connectivity index (χ0) is 12.3. The Labute approximate surface area is 107 Å². The highest BCUT2D eigenvalue weighted by Gasteiger charge is 2.20. The second kappa shape index (κ2) is 5.40. The minimum atomic E-state index is 0.331. The summed E-state index contributed by atoms with van der Waals surface area (Å²) in [5.74, 6) is 1.51. The fourth-order valence-corrected chi connectivity index (χ4v) is 2.33. The van der Waals surface area contributed by atoms with Gasteiger partial charge < -0.3 is 10.6 Å². The molecule has 2 N–H and O–H groups in total. The van der Waals surface area contributed by atoms with E-state index in [-0.39, 0.29) is 0 Å². The highest BCUT2D eigenvalue weighted by atomic mass is 32.1. The SMILES string of the molecule is CCC1CCCN(c2nccc(C(N)=S)n2)C1. The van der Waals surface area contributed by atoms with Crippen molar-refractivity contribution in [3.63, 3.8) is 0 Å². The van der Waals surface area contributed by atoms with E-state index in [0.29, 0.717) is 10.7 Å². The van der Waals surface area contributed by atoms with Crippen molar-refractivity contribution in [1.82, 2.24) is 9.97 Å². The Balaban J connectivity index is 2.16. The summed E-state index contributed by atoms with van der Waals surface area (Å²) in [6.07, 6.45) is 5.46. The molecule has 1 atom stereocenters. The predicted octanol–water partition coefficient (Wildman–Crippen LogP) is 1.74. The van der Waals surface area contributed by atoms with Crippen LogP contribution in [0.5, 0.6) is 0 Å². The number of anilines is 1. The van der Waals surface area contributed by atoms with Crippen LogP contribution in [0.15, 0.2) is 12.3 Å². The van der Waals surface area contributed by atoms with Crippen molar-refractivity contribution in [3.05, 3.63) is 18.0 Å². The molecule has 0 bridgehead atoms. The van der Waals surface area contributed by atoms with Crippen LogP contribution in [-0.2, 0) is 0 Å². The summed E-state index contributed by atoms with van der Waals surface area (Å²) in [6, 6.07) is 1.76. The summed E-state index contributed by atoms with van der Waals surface area (Å²) in [6.45, 7) is 4.30. The summed E-state index contributed by atoms with van der Waals surface area (Å²) in [5.41, 5.74) is 6.24. The second-order valence-corrected chi connectivity index (χ2v) is 4.91. The molecular formula is C12H18N4S. The Morgan fingerprint density at radius 2 is 2.47 bits per heavy atom. The third-order valence-corrected chi connectivity index (χ3v) is 3.48. The van der Waals surface area contributed by atoms with Gasteiger partial charge in [0.2, 0.25) is 5.95 Å². The molecule has 1 fully saturated rings. The maximum Gasteiger partial charge on any atom is 0.225 e. The Morgan fingerprint density at radius 3 is 3.18 bits per heavy atom. The zero-order valence-corrected chi connectivity index (χ0v) is 10.9. The van der Waals surface area contributed by atoms with Crippen molar-refractivity contribution >= 4 is 23.2 Å². The average molecular weight is 250 g/mol. The summed E-state index contributed by atoms with van der Waals surface area (Å²) in [5, 5.41) is 0. The Kier molecular flexibility index (Phi) is 3.89. The van der Waals surface area contributed by atoms with Crippen LogP contribution in [0.25, 0.3) is 0 Å². The monoisotopic (exact) mass is 250 g/mol. The van der Waals surface area contributed by atoms with Crippen LogP contribution in [0.1, 0.15) is 31.9 Å². The van der Waals surface area contributed by atoms with E-state index in [1.807, 2.05) is 0 Å². The maximum absolute atomic E-state index is 5.59. The van der Waals surface area contributed by atoms with Crippen molar-refractivity contribution in [1.29, 1.82) is 0 Å². The lowest BCUT2D eigenvalue weighted by Crippen LogP contribution is -2.36. The van der Waals surface area contributed by atoms with Gasteiger partial charge in [0.1, 0.15) is 10.7 Å². The smallest absolute Gasteiger partial charge is 0.225 e. The molecule has 17 heavy (non-hydrogen) atoms. The van der Waals surface area contributed by atoms with Gasteiger partial charge in [-0.05, 0) is 24.8 Å². The maximum atomic E-state index is 5.59. The largest absolute Gasteiger partial charge is 0.388 e. The molecule has 1 aliphatic heterocycles. The lowest BCUT2D eigenvalue weighted by atomic mass is 9.96. The number of rotatable bonds is 3. The van der Waals surface area contributed by atoms with Crippen LogP contribution in [0.2, 0.25) is 0 Å². The minimum absolute atomic E-state index is 0.331. The highest BCUT2D eigenvalue weighted by molar-refractivity contribution is 7.80. The van der Waals surface area contributed by atoms with Crippen LogP contribution in [-0.4, -0.2) is 28.0 Å². The molecule has 4 nitrogen and oxygen atoms in total. The molecule has 1 saturated heterocycles. The number of aromatic nitrogens is 2. The first-order valence-corrected chi connectivity index (χ1v) is 6.49. The molecule has 92 valence electrons. The average Bonchev–Trinajstić information content (AvgIpc) is 2.39. The molecular weight excluding hydrogens is 232 g/mol. The first kappa shape index (κ1) is 12.2. The first-order valence-electron chi connectivity index (χ1n) is 6.08. The van der Waals surface area contributed by atoms with Gasteiger partial charge in [-0.15, -0.1) is 0 Å². The molecule has 0 spiro atoms. The minimum Gasteiger partial charge on any atom is -0.388 e. The third-order valence-electron chi connectivity index (χ3n) is 3.27. The quantitative estimate of drug-likeness (QED) is 0.828. The topological polar surface area (TPSA) is 55.0 Å². The molecule has 2 rings (SSSR count). The van der Waals surface area contributed by atoms with E-state index in [2.05, 4.69) is 21.8 Å². The van der Waals surface area contributed by atoms with E-state index in [1.165, 1.54) is 19.3 Å². The zero-order valence-electron chi connectivity index (χ0n) is 10.1. The number of hydrogen-bond acceptors (Lipinski definition) is 4. The lowest BCUT2D eigenvalue weighted by molar-refractivity contribution is 0.401. The van der Waals surface area contributed by atoms with E-state index in [0.717, 1.165) is 25.0 Å². The summed E-state index contributed by atoms with van der Waals surface area (Å²) >= 11 is 4.94. The van der Waals surface area contributed by atoms with E-state index in [9.17, 15) is 0 Å². The van der Waals surface area contributed by atoms with Gasteiger partial charge in [-0.1, -0.05) is 25.6 Å². The van der Waals surface area contributed by atoms with E-state index < -0.39 is 0 Å². The molecule has 0 amide bonds. The van der Waals surface area contributed by atoms with Gasteiger partial charge in [-0.3, -0.25) is 0 Å². The Bertz CT molecular complexity index is 407. The Morgan fingerprint density at radius 1 is 1.65 bits per heavy atom. The van der Waals surface area contributed by atoms with Crippen molar-refractivity contribution in [3.8, 4) is 0 Å². The highest BCUT2D eigenvalue weighted by Crippen LogP contribution is 2.22. The molecule has 1 unspecified atom stereocenters. The molecule has 1 aromatic heterocycles. The standard InChI is InChI=1S/C12H18N4S/c1-2-9-4-3-7-16(8-9)12-14-6-5-10(15-12)11(13)17/h5-6,9H,2-4,7-8H2,1H3,(H2,13,17). The fraction of sp³-hybridized carbons (Fsp3) is 0.583. The number of thiocarbonyl (C=S) groups is 1. The van der Waals surface area contributed by atoms with Crippen molar-refractivity contribution in [2.24, 2.45) is 11.7 Å². The van der Waals surface area contributed by atoms with Crippen LogP contribution in [0.4, 0.5) is 5.95 Å². The Hall–Kier alpha value is -1.23. The number of nitrogens with zero attached hydrogens (tertiary/aromatic N) is 3. The molecule has 5 heteroatoms. The first-order chi connectivity index (χ1) is 8.20. The number of piperidine rings is 1. The number of nitrogens with two attached hydrogens (primary N) is 1. The summed E-state index contributed by atoms with van der Waals surface area (Å²) in [7, 11) is 0. The van der Waals surface area contributed by atoms with E-state index >= 15 is 0 Å². The third kappa shape index (κ3) is 2.91. The summed E-state index contributed by atoms with van der Waals surface area (Å²) in [4.78, 5) is 11.3. The van der Waals surface area contributed by atoms with Crippen molar-refractivity contribution in [2.45, 2.75) is 26.2 Å². The van der Waals surface area contributed by atoms with Crippen molar-refractivity contribution < 1.29 is 0 Å². The molecule has 0 aliphatic carbocycles. The molecule has 1 aliphatic rings. The lowest BCUT2D eigenvalue weighted by Gasteiger charge is -2.32. The van der Waals surface area contributed by atoms with Crippen LogP contribution < -0.4 is 10.6 Å². The van der Waals surface area contributed by atoms with E-state index in [4.69, 9.17) is 18.0 Å². The van der Waals surface area contributed by atoms with Crippen LogP contribution >= 0.6 is 12.2 Å². The molecule has 0 saturated carbocycles. The molecule has 2 heterocycles. The van der Waals surface area contributed by atoms with Crippen LogP contribution in [0.3, 0.4) is 0 Å². The van der Waals surface area contributed by atoms with Gasteiger partial charge in [-0.25, -0.2) is 9.97 Å². The fourth-order valence-electron chi connectivity index (χ4n) is 2.22. The normalized spacial score (nSPS) is 20.3. The summed E-state index contributed by atoms with van der Waals surface area (Å²) < 4.78 is 0. The second-order valence-electron chi connectivity index (χ2n) is 4.47. The molecule has 0 radical (unpaired) electrons. The number of hydrogen-bond donors (Lipinski definition) is 1. The van der Waals surface area contributed by atoms with Gasteiger partial charge in [-0.2, -0.15) is 0 Å². The van der Waals surface area contributed by atoms with Gasteiger partial charge in [0.25, 0.3) is 0 Å². The molecule has 0 aromatic carbocycles. The van der Waals surface area contributed by atoms with Gasteiger partial charge in [0.05, 0.1) is 0 Å². The van der Waals surface area contributed by atoms with E-state index in [1.54, 1.807) is 12.3 Å². The predicted molar refractivity (Wildman–Crippen MR) is 73.1 cm³/mol.